The number of hydrogen-bond donors (Lipinski definition) is 0. The summed E-state index contributed by atoms with van der Waals surface area (Å²) in [5.74, 6) is 2.33. The van der Waals surface area contributed by atoms with Crippen molar-refractivity contribution >= 4 is 8.32 Å². The summed E-state index contributed by atoms with van der Waals surface area (Å²) in [5.41, 5.74) is 1.64. The summed E-state index contributed by atoms with van der Waals surface area (Å²) < 4.78 is 17.3. The van der Waals surface area contributed by atoms with E-state index in [0.717, 1.165) is 11.5 Å². The van der Waals surface area contributed by atoms with Crippen molar-refractivity contribution in [3.05, 3.63) is 18.2 Å². The first-order chi connectivity index (χ1) is 9.79. The molecular formula is C17H30O3Si. The number of rotatable bonds is 7. The molecule has 0 saturated carbocycles. The Morgan fingerprint density at radius 2 is 1.24 bits per heavy atom. The highest BCUT2D eigenvalue weighted by Crippen LogP contribution is 2.43. The molecule has 0 amide bonds. The fraction of sp³-hybridized carbons (Fsp3) is 0.647. The van der Waals surface area contributed by atoms with E-state index in [-0.39, 0.29) is 0 Å². The maximum atomic E-state index is 6.63. The third kappa shape index (κ3) is 3.54. The van der Waals surface area contributed by atoms with E-state index in [1.165, 1.54) is 0 Å². The van der Waals surface area contributed by atoms with Crippen LogP contribution in [0.15, 0.2) is 18.2 Å². The fourth-order valence-corrected chi connectivity index (χ4v) is 8.68. The average Bonchev–Trinajstić information content (AvgIpc) is 2.43. The third-order valence-corrected chi connectivity index (χ3v) is 10.4. The normalized spacial score (nSPS) is 12.1. The van der Waals surface area contributed by atoms with Crippen LogP contribution in [0.25, 0.3) is 0 Å². The van der Waals surface area contributed by atoms with Crippen LogP contribution < -0.4 is 13.9 Å². The molecule has 0 saturated heterocycles. The second-order valence-electron chi connectivity index (χ2n) is 6.44. The average molecular weight is 311 g/mol. The molecule has 0 fully saturated rings. The van der Waals surface area contributed by atoms with Gasteiger partial charge in [-0.25, -0.2) is 0 Å². The molecule has 0 N–H and O–H groups in total. The highest BCUT2D eigenvalue weighted by atomic mass is 28.4. The maximum Gasteiger partial charge on any atom is 0.258 e. The fourth-order valence-electron chi connectivity index (χ4n) is 3.44. The van der Waals surface area contributed by atoms with Crippen LogP contribution in [0.5, 0.6) is 17.2 Å². The van der Waals surface area contributed by atoms with E-state index >= 15 is 0 Å². The van der Waals surface area contributed by atoms with Gasteiger partial charge in [-0.05, 0) is 28.8 Å². The van der Waals surface area contributed by atoms with Crippen molar-refractivity contribution in [1.82, 2.24) is 0 Å². The van der Waals surface area contributed by atoms with Crippen molar-refractivity contribution in [3.63, 3.8) is 0 Å². The van der Waals surface area contributed by atoms with Gasteiger partial charge in [0.25, 0.3) is 8.32 Å². The van der Waals surface area contributed by atoms with Gasteiger partial charge in [0, 0.05) is 6.07 Å². The third-order valence-electron chi connectivity index (χ3n) is 4.36. The van der Waals surface area contributed by atoms with Crippen molar-refractivity contribution < 1.29 is 13.9 Å². The van der Waals surface area contributed by atoms with Gasteiger partial charge in [-0.1, -0.05) is 41.5 Å². The number of ether oxygens (including phenoxy) is 2. The van der Waals surface area contributed by atoms with Crippen molar-refractivity contribution in [2.24, 2.45) is 0 Å². The summed E-state index contributed by atoms with van der Waals surface area (Å²) in [6.07, 6.45) is 0. The van der Waals surface area contributed by atoms with Crippen LogP contribution in [-0.4, -0.2) is 22.5 Å². The number of hydrogen-bond acceptors (Lipinski definition) is 3. The number of methoxy groups -OCH3 is 2. The molecule has 0 heterocycles. The lowest BCUT2D eigenvalue weighted by Crippen LogP contribution is -2.50. The van der Waals surface area contributed by atoms with Gasteiger partial charge in [-0.3, -0.25) is 0 Å². The van der Waals surface area contributed by atoms with Crippen molar-refractivity contribution in [2.75, 3.05) is 14.2 Å². The minimum Gasteiger partial charge on any atom is -0.543 e. The maximum absolute atomic E-state index is 6.63. The molecule has 0 bridgehead atoms. The SMILES string of the molecule is COc1ccc(O[Si](C(C)C)(C(C)C)C(C)C)cc1OC. The van der Waals surface area contributed by atoms with Crippen molar-refractivity contribution in [2.45, 2.75) is 58.2 Å². The van der Waals surface area contributed by atoms with E-state index < -0.39 is 8.32 Å². The molecule has 1 aromatic carbocycles. The van der Waals surface area contributed by atoms with Crippen LogP contribution in [0.3, 0.4) is 0 Å². The van der Waals surface area contributed by atoms with E-state index in [4.69, 9.17) is 13.9 Å². The molecule has 0 aromatic heterocycles. The van der Waals surface area contributed by atoms with Crippen molar-refractivity contribution in [3.8, 4) is 17.2 Å². The van der Waals surface area contributed by atoms with E-state index in [1.54, 1.807) is 14.2 Å². The Morgan fingerprint density at radius 1 is 0.762 bits per heavy atom. The Balaban J connectivity index is 3.21. The van der Waals surface area contributed by atoms with E-state index in [9.17, 15) is 0 Å². The smallest absolute Gasteiger partial charge is 0.258 e. The van der Waals surface area contributed by atoms with Crippen LogP contribution in [0.4, 0.5) is 0 Å². The molecule has 0 spiro atoms. The molecule has 0 radical (unpaired) electrons. The molecular weight excluding hydrogens is 280 g/mol. The standard InChI is InChI=1S/C17H30O3Si/c1-12(2)21(13(3)4,14(5)6)20-15-9-10-16(18-7)17(11-15)19-8/h9-14H,1-8H3. The van der Waals surface area contributed by atoms with Gasteiger partial charge in [0.15, 0.2) is 11.5 Å². The van der Waals surface area contributed by atoms with Gasteiger partial charge < -0.3 is 13.9 Å². The zero-order valence-corrected chi connectivity index (χ0v) is 15.7. The Labute approximate surface area is 130 Å². The van der Waals surface area contributed by atoms with Gasteiger partial charge in [0.2, 0.25) is 0 Å². The molecule has 4 heteroatoms. The van der Waals surface area contributed by atoms with Gasteiger partial charge in [-0.2, -0.15) is 0 Å². The lowest BCUT2D eigenvalue weighted by Gasteiger charge is -2.42. The summed E-state index contributed by atoms with van der Waals surface area (Å²) in [6.45, 7) is 13.7. The minimum atomic E-state index is -1.93. The van der Waals surface area contributed by atoms with E-state index in [2.05, 4.69) is 41.5 Å². The van der Waals surface area contributed by atoms with Gasteiger partial charge >= 0.3 is 0 Å². The van der Waals surface area contributed by atoms with Crippen LogP contribution in [-0.2, 0) is 0 Å². The van der Waals surface area contributed by atoms with Gasteiger partial charge in [0.05, 0.1) is 14.2 Å². The molecule has 1 rings (SSSR count). The zero-order valence-electron chi connectivity index (χ0n) is 14.7. The molecule has 0 atom stereocenters. The lowest BCUT2D eigenvalue weighted by molar-refractivity contribution is 0.352. The Bertz CT molecular complexity index is 434. The molecule has 1 aromatic rings. The summed E-state index contributed by atoms with van der Waals surface area (Å²) >= 11 is 0. The Kier molecular flexibility index (Phi) is 6.14. The number of benzene rings is 1. The molecule has 0 aliphatic rings. The Hall–Kier alpha value is -1.16. The van der Waals surface area contributed by atoms with E-state index in [0.29, 0.717) is 22.4 Å². The van der Waals surface area contributed by atoms with Gasteiger partial charge in [0.1, 0.15) is 5.75 Å². The predicted molar refractivity (Wildman–Crippen MR) is 91.2 cm³/mol. The molecule has 3 nitrogen and oxygen atoms in total. The quantitative estimate of drug-likeness (QED) is 0.643. The molecule has 0 aliphatic heterocycles. The molecule has 21 heavy (non-hydrogen) atoms. The topological polar surface area (TPSA) is 27.7 Å². The van der Waals surface area contributed by atoms with Gasteiger partial charge in [-0.15, -0.1) is 0 Å². The largest absolute Gasteiger partial charge is 0.543 e. The Morgan fingerprint density at radius 3 is 1.62 bits per heavy atom. The van der Waals surface area contributed by atoms with Crippen molar-refractivity contribution in [1.29, 1.82) is 0 Å². The first kappa shape index (κ1) is 17.9. The van der Waals surface area contributed by atoms with Crippen LogP contribution in [0.1, 0.15) is 41.5 Å². The first-order valence-electron chi connectivity index (χ1n) is 7.70. The molecule has 0 aliphatic carbocycles. The minimum absolute atomic E-state index is 0.547. The lowest BCUT2D eigenvalue weighted by atomic mass is 10.3. The van der Waals surface area contributed by atoms with E-state index in [1.807, 2.05) is 18.2 Å². The second kappa shape index (κ2) is 7.21. The molecule has 120 valence electrons. The molecule has 0 unspecified atom stereocenters. The summed E-state index contributed by atoms with van der Waals surface area (Å²) in [6, 6.07) is 5.83. The summed E-state index contributed by atoms with van der Waals surface area (Å²) in [4.78, 5) is 0. The highest BCUT2D eigenvalue weighted by Gasteiger charge is 2.47. The van der Waals surface area contributed by atoms with Crippen LogP contribution in [0.2, 0.25) is 16.6 Å². The summed E-state index contributed by atoms with van der Waals surface area (Å²) in [7, 11) is 1.37. The van der Waals surface area contributed by atoms with Crippen LogP contribution in [0, 0.1) is 0 Å². The first-order valence-corrected chi connectivity index (χ1v) is 9.84. The predicted octanol–water partition coefficient (Wildman–Crippen LogP) is 5.26. The zero-order chi connectivity index (χ0) is 16.2. The summed E-state index contributed by atoms with van der Waals surface area (Å²) in [5, 5.41) is 0. The van der Waals surface area contributed by atoms with Crippen LogP contribution >= 0.6 is 0 Å². The second-order valence-corrected chi connectivity index (χ2v) is 11.8. The monoisotopic (exact) mass is 310 g/mol. The highest BCUT2D eigenvalue weighted by molar-refractivity contribution is 6.78.